The average molecular weight is 350 g/mol. The van der Waals surface area contributed by atoms with Crippen molar-refractivity contribution in [3.05, 3.63) is 70.0 Å². The summed E-state index contributed by atoms with van der Waals surface area (Å²) in [5, 5.41) is 0.924. The number of fused-ring (bicyclic) bond motifs is 1. The third-order valence-electron chi connectivity index (χ3n) is 4.38. The van der Waals surface area contributed by atoms with E-state index < -0.39 is 6.10 Å². The van der Waals surface area contributed by atoms with E-state index in [-0.39, 0.29) is 11.5 Å². The Labute approximate surface area is 149 Å². The third-order valence-corrected chi connectivity index (χ3v) is 4.38. The summed E-state index contributed by atoms with van der Waals surface area (Å²) >= 11 is 0. The fourth-order valence-electron chi connectivity index (χ4n) is 3.12. The molecule has 7 nitrogen and oxygen atoms in total. The lowest BCUT2D eigenvalue weighted by atomic mass is 10.1. The molecular formula is C19H18N4O3. The van der Waals surface area contributed by atoms with Crippen LogP contribution >= 0.6 is 0 Å². The van der Waals surface area contributed by atoms with Crippen LogP contribution in [0, 0.1) is 6.92 Å². The Morgan fingerprint density at radius 2 is 2.15 bits per heavy atom. The number of benzene rings is 1. The Bertz CT molecular complexity index is 1030. The van der Waals surface area contributed by atoms with E-state index in [1.54, 1.807) is 18.0 Å². The van der Waals surface area contributed by atoms with Crippen LogP contribution in [-0.2, 0) is 4.74 Å². The lowest BCUT2D eigenvalue weighted by molar-refractivity contribution is -0.0269. The van der Waals surface area contributed by atoms with Gasteiger partial charge >= 0.3 is 0 Å². The fourth-order valence-corrected chi connectivity index (χ4v) is 3.12. The second-order valence-electron chi connectivity index (χ2n) is 6.30. The van der Waals surface area contributed by atoms with Crippen LogP contribution in [0.5, 0.6) is 0 Å². The van der Waals surface area contributed by atoms with Gasteiger partial charge in [0, 0.05) is 29.9 Å². The molecule has 1 N–H and O–H groups in total. The van der Waals surface area contributed by atoms with Crippen LogP contribution in [0.3, 0.4) is 0 Å². The molecule has 1 atom stereocenters. The first-order valence-electron chi connectivity index (χ1n) is 8.44. The summed E-state index contributed by atoms with van der Waals surface area (Å²) in [6.07, 6.45) is 1.15. The number of carbonyl (C=O) groups excluding carboxylic acids is 1. The number of morpholine rings is 1. The van der Waals surface area contributed by atoms with Crippen molar-refractivity contribution in [2.45, 2.75) is 13.0 Å². The van der Waals surface area contributed by atoms with Gasteiger partial charge in [0.1, 0.15) is 11.9 Å². The quantitative estimate of drug-likeness (QED) is 0.762. The van der Waals surface area contributed by atoms with Crippen molar-refractivity contribution in [3.8, 4) is 0 Å². The minimum atomic E-state index is -0.450. The van der Waals surface area contributed by atoms with E-state index in [0.29, 0.717) is 36.8 Å². The molecule has 1 fully saturated rings. The van der Waals surface area contributed by atoms with Crippen LogP contribution in [0.1, 0.15) is 28.0 Å². The Balaban J connectivity index is 1.58. The number of rotatable bonds is 2. The molecule has 4 rings (SSSR count). The van der Waals surface area contributed by atoms with Crippen LogP contribution < -0.4 is 5.56 Å². The van der Waals surface area contributed by atoms with E-state index in [9.17, 15) is 9.59 Å². The van der Waals surface area contributed by atoms with Gasteiger partial charge in [-0.3, -0.25) is 14.6 Å². The minimum absolute atomic E-state index is 0.105. The largest absolute Gasteiger partial charge is 0.367 e. The SMILES string of the molecule is Cc1cc(=O)[nH]c([C@H]2CN(C(=O)c3cnc4ccccc4c3)CCO2)n1. The van der Waals surface area contributed by atoms with Crippen molar-refractivity contribution in [3.63, 3.8) is 0 Å². The zero-order chi connectivity index (χ0) is 18.1. The van der Waals surface area contributed by atoms with Gasteiger partial charge in [-0.2, -0.15) is 0 Å². The van der Waals surface area contributed by atoms with Crippen molar-refractivity contribution < 1.29 is 9.53 Å². The van der Waals surface area contributed by atoms with Gasteiger partial charge in [-0.1, -0.05) is 18.2 Å². The highest BCUT2D eigenvalue weighted by molar-refractivity contribution is 5.97. The topological polar surface area (TPSA) is 88.2 Å². The van der Waals surface area contributed by atoms with E-state index in [0.717, 1.165) is 10.9 Å². The van der Waals surface area contributed by atoms with Crippen molar-refractivity contribution in [2.75, 3.05) is 19.7 Å². The van der Waals surface area contributed by atoms with Gasteiger partial charge in [-0.05, 0) is 19.1 Å². The number of carbonyl (C=O) groups is 1. The second-order valence-corrected chi connectivity index (χ2v) is 6.30. The number of ether oxygens (including phenoxy) is 1. The van der Waals surface area contributed by atoms with Crippen molar-refractivity contribution in [1.82, 2.24) is 19.9 Å². The Morgan fingerprint density at radius 1 is 1.31 bits per heavy atom. The lowest BCUT2D eigenvalue weighted by Gasteiger charge is -2.32. The summed E-state index contributed by atoms with van der Waals surface area (Å²) in [4.78, 5) is 37.7. The van der Waals surface area contributed by atoms with Gasteiger partial charge in [-0.15, -0.1) is 0 Å². The summed E-state index contributed by atoms with van der Waals surface area (Å²) in [5.74, 6) is 0.343. The minimum Gasteiger partial charge on any atom is -0.367 e. The summed E-state index contributed by atoms with van der Waals surface area (Å²) in [6, 6.07) is 11.0. The molecule has 0 bridgehead atoms. The molecule has 0 radical (unpaired) electrons. The maximum Gasteiger partial charge on any atom is 0.255 e. The zero-order valence-electron chi connectivity index (χ0n) is 14.3. The van der Waals surface area contributed by atoms with Gasteiger partial charge in [0.2, 0.25) is 0 Å². The summed E-state index contributed by atoms with van der Waals surface area (Å²) in [5.41, 5.74) is 1.79. The third kappa shape index (κ3) is 3.21. The first kappa shape index (κ1) is 16.4. The van der Waals surface area contributed by atoms with Crippen molar-refractivity contribution in [2.24, 2.45) is 0 Å². The highest BCUT2D eigenvalue weighted by atomic mass is 16.5. The maximum atomic E-state index is 12.9. The smallest absolute Gasteiger partial charge is 0.255 e. The van der Waals surface area contributed by atoms with E-state index in [4.69, 9.17) is 4.74 Å². The number of hydrogen-bond acceptors (Lipinski definition) is 5. The summed E-state index contributed by atoms with van der Waals surface area (Å²) in [7, 11) is 0. The number of pyridine rings is 1. The van der Waals surface area contributed by atoms with E-state index in [1.807, 2.05) is 30.3 Å². The monoisotopic (exact) mass is 350 g/mol. The normalized spacial score (nSPS) is 17.4. The molecule has 3 heterocycles. The van der Waals surface area contributed by atoms with Crippen LogP contribution in [0.4, 0.5) is 0 Å². The molecule has 2 aromatic heterocycles. The first-order valence-corrected chi connectivity index (χ1v) is 8.44. The number of hydrogen-bond donors (Lipinski definition) is 1. The number of amides is 1. The number of H-pyrrole nitrogens is 1. The molecule has 1 aliphatic rings. The van der Waals surface area contributed by atoms with Crippen LogP contribution in [0.15, 0.2) is 47.4 Å². The molecule has 0 aliphatic carbocycles. The molecule has 0 saturated carbocycles. The Hall–Kier alpha value is -3.06. The van der Waals surface area contributed by atoms with E-state index >= 15 is 0 Å². The standard InChI is InChI=1S/C19H18N4O3/c1-12-8-17(24)22-18(21-12)16-11-23(6-7-26-16)19(25)14-9-13-4-2-3-5-15(13)20-10-14/h2-5,8-10,16H,6-7,11H2,1H3,(H,21,22,24)/t16-/m1/s1. The lowest BCUT2D eigenvalue weighted by Crippen LogP contribution is -2.43. The zero-order valence-corrected chi connectivity index (χ0v) is 14.3. The van der Waals surface area contributed by atoms with Gasteiger partial charge in [-0.25, -0.2) is 4.98 Å². The highest BCUT2D eigenvalue weighted by Crippen LogP contribution is 2.21. The van der Waals surface area contributed by atoms with Crippen molar-refractivity contribution >= 4 is 16.8 Å². The van der Waals surface area contributed by atoms with Gasteiger partial charge < -0.3 is 14.6 Å². The number of nitrogens with zero attached hydrogens (tertiary/aromatic N) is 3. The maximum absolute atomic E-state index is 12.9. The van der Waals surface area contributed by atoms with E-state index in [2.05, 4.69) is 15.0 Å². The number of aromatic amines is 1. The molecule has 1 aliphatic heterocycles. The Morgan fingerprint density at radius 3 is 3.00 bits per heavy atom. The average Bonchev–Trinajstić information content (AvgIpc) is 2.66. The summed E-state index contributed by atoms with van der Waals surface area (Å²) < 4.78 is 5.72. The molecule has 26 heavy (non-hydrogen) atoms. The van der Waals surface area contributed by atoms with Crippen LogP contribution in [0.2, 0.25) is 0 Å². The second kappa shape index (κ2) is 6.68. The highest BCUT2D eigenvalue weighted by Gasteiger charge is 2.28. The number of para-hydroxylation sites is 1. The van der Waals surface area contributed by atoms with E-state index in [1.165, 1.54) is 6.07 Å². The molecule has 1 aromatic carbocycles. The summed E-state index contributed by atoms with van der Waals surface area (Å²) in [6.45, 7) is 2.95. The fraction of sp³-hybridized carbons (Fsp3) is 0.263. The van der Waals surface area contributed by atoms with Gasteiger partial charge in [0.15, 0.2) is 0 Å². The molecule has 132 valence electrons. The molecule has 1 saturated heterocycles. The van der Waals surface area contributed by atoms with Crippen molar-refractivity contribution in [1.29, 1.82) is 0 Å². The molecule has 0 spiro atoms. The molecule has 0 unspecified atom stereocenters. The predicted octanol–water partition coefficient (Wildman–Crippen LogP) is 1.84. The predicted molar refractivity (Wildman–Crippen MR) is 95.9 cm³/mol. The van der Waals surface area contributed by atoms with Gasteiger partial charge in [0.05, 0.1) is 24.2 Å². The number of nitrogens with one attached hydrogen (secondary N) is 1. The number of aryl methyl sites for hydroxylation is 1. The molecule has 1 amide bonds. The van der Waals surface area contributed by atoms with Crippen LogP contribution in [-0.4, -0.2) is 45.5 Å². The number of aromatic nitrogens is 3. The molecule has 3 aromatic rings. The Kier molecular flexibility index (Phi) is 4.22. The molecular weight excluding hydrogens is 332 g/mol. The van der Waals surface area contributed by atoms with Gasteiger partial charge in [0.25, 0.3) is 11.5 Å². The molecule has 7 heteroatoms. The first-order chi connectivity index (χ1) is 12.6. The van der Waals surface area contributed by atoms with Crippen LogP contribution in [0.25, 0.3) is 10.9 Å².